The molecular formula is C22H22N2O2. The van der Waals surface area contributed by atoms with Gasteiger partial charge in [-0.15, -0.1) is 0 Å². The summed E-state index contributed by atoms with van der Waals surface area (Å²) in [6, 6.07) is 18.8. The molecule has 4 heteroatoms. The van der Waals surface area contributed by atoms with Gasteiger partial charge < -0.3 is 9.72 Å². The monoisotopic (exact) mass is 346 g/mol. The van der Waals surface area contributed by atoms with Crippen LogP contribution in [0.3, 0.4) is 0 Å². The number of carbonyl (C=O) groups excluding carboxylic acids is 1. The summed E-state index contributed by atoms with van der Waals surface area (Å²) in [4.78, 5) is 17.4. The van der Waals surface area contributed by atoms with E-state index in [0.29, 0.717) is 13.2 Å². The zero-order valence-corrected chi connectivity index (χ0v) is 15.1. The second kappa shape index (κ2) is 6.71. The molecule has 4 nitrogen and oxygen atoms in total. The molecular weight excluding hydrogens is 324 g/mol. The van der Waals surface area contributed by atoms with Crippen LogP contribution >= 0.6 is 0 Å². The van der Waals surface area contributed by atoms with Crippen LogP contribution in [0.15, 0.2) is 54.6 Å². The molecule has 0 bridgehead atoms. The third-order valence-corrected chi connectivity index (χ3v) is 4.97. The van der Waals surface area contributed by atoms with Gasteiger partial charge in [-0.25, -0.2) is 4.79 Å². The van der Waals surface area contributed by atoms with Crippen LogP contribution < -0.4 is 4.90 Å². The molecule has 0 aliphatic carbocycles. The molecule has 1 aromatic heterocycles. The fraction of sp³-hybridized carbons (Fsp3) is 0.227. The van der Waals surface area contributed by atoms with E-state index in [9.17, 15) is 4.79 Å². The standard InChI is InChI=1S/C22H22N2O2/c1-3-16-9-11-17(12-10-16)19-15(2)20(18-7-5-4-6-8-18)23-21(19)24-13-14-26-22(24)25/h4-12,23H,3,13-14H2,1-2H3. The number of nitrogens with zero attached hydrogens (tertiary/aromatic N) is 1. The van der Waals surface area contributed by atoms with Gasteiger partial charge in [0.15, 0.2) is 0 Å². The molecule has 0 atom stereocenters. The second-order valence-electron chi connectivity index (χ2n) is 6.53. The van der Waals surface area contributed by atoms with E-state index in [1.807, 2.05) is 18.2 Å². The molecule has 0 unspecified atom stereocenters. The lowest BCUT2D eigenvalue weighted by Crippen LogP contribution is -2.24. The minimum absolute atomic E-state index is 0.294. The first kappa shape index (κ1) is 16.5. The molecule has 1 N–H and O–H groups in total. The lowest BCUT2D eigenvalue weighted by atomic mass is 9.99. The zero-order valence-electron chi connectivity index (χ0n) is 15.1. The average molecular weight is 346 g/mol. The van der Waals surface area contributed by atoms with E-state index in [0.717, 1.165) is 40.2 Å². The fourth-order valence-corrected chi connectivity index (χ4v) is 3.53. The van der Waals surface area contributed by atoms with Crippen LogP contribution in [0.5, 0.6) is 0 Å². The maximum Gasteiger partial charge on any atom is 0.415 e. The Labute approximate surface area is 153 Å². The Bertz CT molecular complexity index is 927. The smallest absolute Gasteiger partial charge is 0.415 e. The Kier molecular flexibility index (Phi) is 4.25. The second-order valence-corrected chi connectivity index (χ2v) is 6.53. The third kappa shape index (κ3) is 2.77. The Morgan fingerprint density at radius 3 is 2.38 bits per heavy atom. The van der Waals surface area contributed by atoms with E-state index >= 15 is 0 Å². The first-order chi connectivity index (χ1) is 12.7. The van der Waals surface area contributed by atoms with Crippen LogP contribution in [0.25, 0.3) is 22.4 Å². The topological polar surface area (TPSA) is 45.3 Å². The van der Waals surface area contributed by atoms with Crippen molar-refractivity contribution < 1.29 is 9.53 Å². The normalized spacial score (nSPS) is 13.9. The summed E-state index contributed by atoms with van der Waals surface area (Å²) in [5, 5.41) is 0. The van der Waals surface area contributed by atoms with Gasteiger partial charge in [0.25, 0.3) is 0 Å². The molecule has 1 saturated heterocycles. The highest BCUT2D eigenvalue weighted by Gasteiger charge is 2.29. The van der Waals surface area contributed by atoms with Crippen molar-refractivity contribution in [2.75, 3.05) is 18.1 Å². The van der Waals surface area contributed by atoms with Crippen LogP contribution in [-0.4, -0.2) is 24.2 Å². The van der Waals surface area contributed by atoms with E-state index < -0.39 is 0 Å². The number of H-pyrrole nitrogens is 1. The van der Waals surface area contributed by atoms with Crippen molar-refractivity contribution in [1.29, 1.82) is 0 Å². The molecule has 0 saturated carbocycles. The van der Waals surface area contributed by atoms with Crippen LogP contribution in [0, 0.1) is 6.92 Å². The lowest BCUT2D eigenvalue weighted by molar-refractivity contribution is 0.181. The summed E-state index contributed by atoms with van der Waals surface area (Å²) in [5.41, 5.74) is 6.74. The summed E-state index contributed by atoms with van der Waals surface area (Å²) < 4.78 is 5.17. The van der Waals surface area contributed by atoms with E-state index in [1.165, 1.54) is 5.56 Å². The number of hydrogen-bond acceptors (Lipinski definition) is 2. The lowest BCUT2D eigenvalue weighted by Gasteiger charge is -2.14. The van der Waals surface area contributed by atoms with Gasteiger partial charge in [-0.1, -0.05) is 61.5 Å². The number of carbonyl (C=O) groups is 1. The number of aromatic nitrogens is 1. The molecule has 3 aromatic rings. The number of cyclic esters (lactones) is 1. The van der Waals surface area contributed by atoms with Crippen molar-refractivity contribution in [2.24, 2.45) is 0 Å². The van der Waals surface area contributed by atoms with Crippen molar-refractivity contribution in [3.05, 3.63) is 65.7 Å². The zero-order chi connectivity index (χ0) is 18.1. The maximum atomic E-state index is 12.2. The summed E-state index contributed by atoms with van der Waals surface area (Å²) in [6.45, 7) is 5.24. The van der Waals surface area contributed by atoms with Crippen molar-refractivity contribution in [2.45, 2.75) is 20.3 Å². The molecule has 0 spiro atoms. The summed E-state index contributed by atoms with van der Waals surface area (Å²) >= 11 is 0. The number of ether oxygens (including phenoxy) is 1. The molecule has 1 aliphatic heterocycles. The highest BCUT2D eigenvalue weighted by Crippen LogP contribution is 2.40. The van der Waals surface area contributed by atoms with E-state index in [4.69, 9.17) is 4.74 Å². The molecule has 1 amide bonds. The summed E-state index contributed by atoms with van der Waals surface area (Å²) in [7, 11) is 0. The minimum Gasteiger partial charge on any atom is -0.447 e. The van der Waals surface area contributed by atoms with Crippen molar-refractivity contribution in [3.8, 4) is 22.4 Å². The maximum absolute atomic E-state index is 12.2. The third-order valence-electron chi connectivity index (χ3n) is 4.97. The molecule has 0 radical (unpaired) electrons. The molecule has 1 aliphatic rings. The predicted molar refractivity (Wildman–Crippen MR) is 104 cm³/mol. The Hall–Kier alpha value is -3.01. The molecule has 2 heterocycles. The quantitative estimate of drug-likeness (QED) is 0.708. The van der Waals surface area contributed by atoms with Gasteiger partial charge in [0, 0.05) is 5.56 Å². The highest BCUT2D eigenvalue weighted by atomic mass is 16.6. The number of nitrogens with one attached hydrogen (secondary N) is 1. The van der Waals surface area contributed by atoms with Crippen LogP contribution in [-0.2, 0) is 11.2 Å². The van der Waals surface area contributed by atoms with E-state index in [2.05, 4.69) is 55.2 Å². The van der Waals surface area contributed by atoms with E-state index in [-0.39, 0.29) is 6.09 Å². The number of aryl methyl sites for hydroxylation is 1. The summed E-state index contributed by atoms with van der Waals surface area (Å²) in [6.07, 6.45) is 0.713. The number of amides is 1. The Balaban J connectivity index is 1.89. The number of aromatic amines is 1. The number of hydrogen-bond donors (Lipinski definition) is 1. The fourth-order valence-electron chi connectivity index (χ4n) is 3.53. The van der Waals surface area contributed by atoms with Crippen molar-refractivity contribution in [3.63, 3.8) is 0 Å². The first-order valence-electron chi connectivity index (χ1n) is 9.00. The Morgan fingerprint density at radius 2 is 1.77 bits per heavy atom. The van der Waals surface area contributed by atoms with Gasteiger partial charge >= 0.3 is 6.09 Å². The highest BCUT2D eigenvalue weighted by molar-refractivity contribution is 5.97. The van der Waals surface area contributed by atoms with Gasteiger partial charge in [-0.05, 0) is 35.6 Å². The van der Waals surface area contributed by atoms with Gasteiger partial charge in [0.2, 0.25) is 0 Å². The number of rotatable bonds is 4. The number of benzene rings is 2. The van der Waals surface area contributed by atoms with Gasteiger partial charge in [-0.2, -0.15) is 0 Å². The van der Waals surface area contributed by atoms with Crippen LogP contribution in [0.2, 0.25) is 0 Å². The number of anilines is 1. The van der Waals surface area contributed by atoms with Crippen molar-refractivity contribution >= 4 is 11.9 Å². The predicted octanol–water partition coefficient (Wildman–Crippen LogP) is 5.18. The summed E-state index contributed by atoms with van der Waals surface area (Å²) in [5.74, 6) is 0.813. The minimum atomic E-state index is -0.294. The Morgan fingerprint density at radius 1 is 1.04 bits per heavy atom. The van der Waals surface area contributed by atoms with Gasteiger partial charge in [0.1, 0.15) is 12.4 Å². The molecule has 1 fully saturated rings. The molecule has 132 valence electrons. The van der Waals surface area contributed by atoms with Gasteiger partial charge in [0.05, 0.1) is 12.2 Å². The largest absolute Gasteiger partial charge is 0.447 e. The van der Waals surface area contributed by atoms with E-state index in [1.54, 1.807) is 4.90 Å². The SMILES string of the molecule is CCc1ccc(-c2c(N3CCOC3=O)[nH]c(-c3ccccc3)c2C)cc1. The van der Waals surface area contributed by atoms with Crippen LogP contribution in [0.1, 0.15) is 18.1 Å². The average Bonchev–Trinajstić information content (AvgIpc) is 3.25. The first-order valence-corrected chi connectivity index (χ1v) is 9.00. The van der Waals surface area contributed by atoms with Gasteiger partial charge in [-0.3, -0.25) is 4.90 Å². The van der Waals surface area contributed by atoms with Crippen molar-refractivity contribution in [1.82, 2.24) is 4.98 Å². The molecule has 4 rings (SSSR count). The molecule has 2 aromatic carbocycles. The van der Waals surface area contributed by atoms with Crippen LogP contribution in [0.4, 0.5) is 10.6 Å². The molecule has 26 heavy (non-hydrogen) atoms.